The molecule has 1 heterocycles. The summed E-state index contributed by atoms with van der Waals surface area (Å²) in [5, 5.41) is 3.97. The number of benzene rings is 1. The van der Waals surface area contributed by atoms with E-state index in [0.717, 1.165) is 19.4 Å². The molecule has 0 bridgehead atoms. The lowest BCUT2D eigenvalue weighted by Crippen LogP contribution is -2.33. The van der Waals surface area contributed by atoms with Gasteiger partial charge in [0.1, 0.15) is 0 Å². The first-order chi connectivity index (χ1) is 15.1. The van der Waals surface area contributed by atoms with Gasteiger partial charge in [-0.05, 0) is 69.6 Å². The molecule has 4 rings (SSSR count). The quantitative estimate of drug-likeness (QED) is 0.442. The Bertz CT molecular complexity index is 970. The highest BCUT2D eigenvalue weighted by molar-refractivity contribution is 5.90. The molecule has 1 aromatic rings. The van der Waals surface area contributed by atoms with E-state index in [2.05, 4.69) is 97.1 Å². The number of hydrogen-bond donors (Lipinski definition) is 1. The van der Waals surface area contributed by atoms with Crippen LogP contribution in [0, 0.1) is 22.2 Å². The van der Waals surface area contributed by atoms with Crippen molar-refractivity contribution in [3.05, 3.63) is 52.6 Å². The van der Waals surface area contributed by atoms with E-state index in [1.165, 1.54) is 36.1 Å². The molecule has 1 aromatic carbocycles. The van der Waals surface area contributed by atoms with Crippen LogP contribution in [0.4, 0.5) is 5.69 Å². The van der Waals surface area contributed by atoms with Crippen LogP contribution in [0.1, 0.15) is 110 Å². The molecule has 1 heteroatoms. The van der Waals surface area contributed by atoms with Gasteiger partial charge in [0.05, 0.1) is 0 Å². The lowest BCUT2D eigenvalue weighted by Gasteiger charge is -2.44. The summed E-state index contributed by atoms with van der Waals surface area (Å²) in [5.74, 6) is 1.16. The Balaban J connectivity index is 1.91. The summed E-state index contributed by atoms with van der Waals surface area (Å²) in [6, 6.07) is 4.82. The maximum Gasteiger partial charge on any atom is 0.0461 e. The third-order valence-corrected chi connectivity index (χ3v) is 8.93. The molecule has 1 nitrogen and oxygen atoms in total. The topological polar surface area (TPSA) is 12.0 Å². The van der Waals surface area contributed by atoms with Crippen molar-refractivity contribution in [3.63, 3.8) is 0 Å². The van der Waals surface area contributed by atoms with Crippen LogP contribution in [-0.2, 0) is 0 Å². The molecule has 1 N–H and O–H groups in total. The fourth-order valence-corrected chi connectivity index (χ4v) is 7.39. The van der Waals surface area contributed by atoms with Gasteiger partial charge in [-0.25, -0.2) is 0 Å². The molecule has 3 unspecified atom stereocenters. The van der Waals surface area contributed by atoms with E-state index in [4.69, 9.17) is 0 Å². The number of rotatable bonds is 6. The van der Waals surface area contributed by atoms with E-state index in [0.29, 0.717) is 11.8 Å². The number of nitrogens with one attached hydrogen (secondary N) is 1. The second-order valence-corrected chi connectivity index (χ2v) is 12.2. The van der Waals surface area contributed by atoms with Crippen molar-refractivity contribution in [2.75, 3.05) is 11.9 Å². The van der Waals surface area contributed by atoms with Crippen LogP contribution >= 0.6 is 0 Å². The Kier molecular flexibility index (Phi) is 6.02. The first-order valence-electron chi connectivity index (χ1n) is 13.1. The third-order valence-electron chi connectivity index (χ3n) is 8.93. The predicted octanol–water partition coefficient (Wildman–Crippen LogP) is 9.23. The predicted molar refractivity (Wildman–Crippen MR) is 142 cm³/mol. The molecule has 0 radical (unpaired) electrons. The molecular formula is C31H45N. The van der Waals surface area contributed by atoms with Crippen molar-refractivity contribution in [2.24, 2.45) is 22.2 Å². The number of hydrogen-bond acceptors (Lipinski definition) is 1. The van der Waals surface area contributed by atoms with Crippen molar-refractivity contribution in [3.8, 4) is 0 Å². The highest BCUT2D eigenvalue weighted by Gasteiger charge is 2.48. The number of anilines is 1. The number of allylic oxidation sites excluding steroid dienone is 4. The molecule has 0 spiro atoms. The van der Waals surface area contributed by atoms with E-state index in [1.807, 2.05) is 0 Å². The van der Waals surface area contributed by atoms with Crippen molar-refractivity contribution in [1.82, 2.24) is 0 Å². The van der Waals surface area contributed by atoms with Crippen LogP contribution in [-0.4, -0.2) is 6.54 Å². The molecule has 0 saturated carbocycles. The Hall–Kier alpha value is -1.76. The molecule has 174 valence electrons. The SMILES string of the molecule is CCC=CC(C)(C(C)CCC)C1CC=Cc2ccc3c(c21)NCC1=C3C(C)(C)CC1(C)C. The zero-order chi connectivity index (χ0) is 23.3. The Morgan fingerprint density at radius 1 is 1.16 bits per heavy atom. The molecule has 0 aromatic heterocycles. The molecule has 32 heavy (non-hydrogen) atoms. The second-order valence-electron chi connectivity index (χ2n) is 12.2. The van der Waals surface area contributed by atoms with Crippen LogP contribution in [0.15, 0.2) is 35.9 Å². The van der Waals surface area contributed by atoms with E-state index >= 15 is 0 Å². The van der Waals surface area contributed by atoms with Gasteiger partial charge in [0.25, 0.3) is 0 Å². The van der Waals surface area contributed by atoms with Crippen LogP contribution in [0.2, 0.25) is 0 Å². The van der Waals surface area contributed by atoms with Crippen molar-refractivity contribution < 1.29 is 0 Å². The van der Waals surface area contributed by atoms with Crippen molar-refractivity contribution >= 4 is 17.3 Å². The summed E-state index contributed by atoms with van der Waals surface area (Å²) in [6.07, 6.45) is 15.8. The second kappa shape index (κ2) is 8.23. The first kappa shape index (κ1) is 23.4. The monoisotopic (exact) mass is 431 g/mol. The van der Waals surface area contributed by atoms with Gasteiger partial charge in [-0.3, -0.25) is 0 Å². The first-order valence-corrected chi connectivity index (χ1v) is 13.1. The lowest BCUT2D eigenvalue weighted by atomic mass is 9.61. The van der Waals surface area contributed by atoms with Gasteiger partial charge in [0, 0.05) is 17.8 Å². The van der Waals surface area contributed by atoms with Gasteiger partial charge >= 0.3 is 0 Å². The molecule has 2 aliphatic carbocycles. The average molecular weight is 432 g/mol. The van der Waals surface area contributed by atoms with Crippen LogP contribution in [0.25, 0.3) is 11.6 Å². The van der Waals surface area contributed by atoms with Gasteiger partial charge in [0.2, 0.25) is 0 Å². The zero-order valence-corrected chi connectivity index (χ0v) is 21.9. The van der Waals surface area contributed by atoms with E-state index < -0.39 is 0 Å². The molecule has 3 aliphatic rings. The summed E-state index contributed by atoms with van der Waals surface area (Å²) in [4.78, 5) is 0. The Labute approximate surface area is 197 Å². The fourth-order valence-electron chi connectivity index (χ4n) is 7.39. The Morgan fingerprint density at radius 2 is 1.91 bits per heavy atom. The van der Waals surface area contributed by atoms with Gasteiger partial charge in [0.15, 0.2) is 0 Å². The average Bonchev–Trinajstić information content (AvgIpc) is 2.95. The van der Waals surface area contributed by atoms with Gasteiger partial charge in [-0.1, -0.05) is 105 Å². The summed E-state index contributed by atoms with van der Waals surface area (Å²) >= 11 is 0. The van der Waals surface area contributed by atoms with Crippen LogP contribution < -0.4 is 5.32 Å². The molecule has 0 fully saturated rings. The summed E-state index contributed by atoms with van der Waals surface area (Å²) < 4.78 is 0. The largest absolute Gasteiger partial charge is 0.381 e. The molecule has 0 amide bonds. The number of fused-ring (bicyclic) bond motifs is 4. The maximum absolute atomic E-state index is 3.97. The normalized spacial score (nSPS) is 25.7. The Morgan fingerprint density at radius 3 is 2.59 bits per heavy atom. The van der Waals surface area contributed by atoms with E-state index in [9.17, 15) is 0 Å². The van der Waals surface area contributed by atoms with Gasteiger partial charge < -0.3 is 5.32 Å². The summed E-state index contributed by atoms with van der Waals surface area (Å²) in [6.45, 7) is 20.4. The molecule has 1 aliphatic heterocycles. The highest BCUT2D eigenvalue weighted by Crippen LogP contribution is 2.61. The smallest absolute Gasteiger partial charge is 0.0461 e. The minimum atomic E-state index is 0.154. The minimum absolute atomic E-state index is 0.154. The highest BCUT2D eigenvalue weighted by atomic mass is 14.9. The molecular weight excluding hydrogens is 386 g/mol. The van der Waals surface area contributed by atoms with E-state index in [-0.39, 0.29) is 16.2 Å². The molecule has 0 saturated heterocycles. The van der Waals surface area contributed by atoms with Crippen LogP contribution in [0.5, 0.6) is 0 Å². The zero-order valence-electron chi connectivity index (χ0n) is 21.9. The minimum Gasteiger partial charge on any atom is -0.381 e. The fraction of sp³-hybridized carbons (Fsp3) is 0.613. The third kappa shape index (κ3) is 3.61. The van der Waals surface area contributed by atoms with Crippen LogP contribution in [0.3, 0.4) is 0 Å². The standard InChI is InChI=1S/C31H45N/c1-9-11-18-31(8,21(3)13-10-2)24-15-12-14-22-16-17-23-27-25(19-32-28(23)26(22)24)29(4,5)20-30(27,6)7/h11-12,14,16-18,21,24,32H,9-10,13,15,19-20H2,1-8H3. The maximum atomic E-state index is 3.97. The van der Waals surface area contributed by atoms with Crippen molar-refractivity contribution in [2.45, 2.75) is 93.4 Å². The summed E-state index contributed by atoms with van der Waals surface area (Å²) in [5.41, 5.74) is 9.81. The van der Waals surface area contributed by atoms with Gasteiger partial charge in [-0.2, -0.15) is 0 Å². The molecule has 3 atom stereocenters. The van der Waals surface area contributed by atoms with Gasteiger partial charge in [-0.15, -0.1) is 0 Å². The van der Waals surface area contributed by atoms with E-state index in [1.54, 1.807) is 16.7 Å². The lowest BCUT2D eigenvalue weighted by molar-refractivity contribution is 0.206. The summed E-state index contributed by atoms with van der Waals surface area (Å²) in [7, 11) is 0. The van der Waals surface area contributed by atoms with Crippen molar-refractivity contribution in [1.29, 1.82) is 0 Å².